The zero-order valence-electron chi connectivity index (χ0n) is 25.1. The second-order valence-corrected chi connectivity index (χ2v) is 12.1. The molecule has 11 heteroatoms. The summed E-state index contributed by atoms with van der Waals surface area (Å²) in [5.41, 5.74) is 5.75. The summed E-state index contributed by atoms with van der Waals surface area (Å²) < 4.78 is 22.4. The van der Waals surface area contributed by atoms with Gasteiger partial charge in [0.2, 0.25) is 6.79 Å². The number of amides is 1. The van der Waals surface area contributed by atoms with Gasteiger partial charge in [0, 0.05) is 70.0 Å². The molecular formula is C35H31N5O6. The molecule has 5 aromatic rings. The van der Waals surface area contributed by atoms with Crippen molar-refractivity contribution in [1.82, 2.24) is 15.0 Å². The van der Waals surface area contributed by atoms with Gasteiger partial charge < -0.3 is 33.1 Å². The van der Waals surface area contributed by atoms with Crippen molar-refractivity contribution in [2.75, 3.05) is 69.0 Å². The van der Waals surface area contributed by atoms with Gasteiger partial charge in [-0.25, -0.2) is 0 Å². The van der Waals surface area contributed by atoms with Gasteiger partial charge in [-0.1, -0.05) is 35.5 Å². The normalized spacial score (nSPS) is 17.6. The number of fused-ring (bicyclic) bond motifs is 3. The van der Waals surface area contributed by atoms with Crippen LogP contribution in [0.5, 0.6) is 11.5 Å². The average Bonchev–Trinajstić information content (AvgIpc) is 3.89. The number of piperazine rings is 2. The van der Waals surface area contributed by atoms with Gasteiger partial charge in [0.1, 0.15) is 5.52 Å². The Bertz CT molecular complexity index is 1990. The first-order valence-corrected chi connectivity index (χ1v) is 15.7. The summed E-state index contributed by atoms with van der Waals surface area (Å²) >= 11 is 0. The SMILES string of the molecule is O=C1c2ccccc2-c2onc3c(N4CCN(Cc5ccc6c(c5)OCO6)CC4)cc(N4CCN(C(=O)c5ccco5)CC4)c1c23. The fraction of sp³-hybridized carbons (Fsp3) is 0.286. The van der Waals surface area contributed by atoms with Gasteiger partial charge in [0.25, 0.3) is 5.91 Å². The van der Waals surface area contributed by atoms with E-state index in [1.165, 1.54) is 11.8 Å². The fourth-order valence-corrected chi connectivity index (χ4v) is 7.16. The first-order chi connectivity index (χ1) is 22.6. The number of ketones is 1. The number of hydrogen-bond donors (Lipinski definition) is 0. The molecule has 0 unspecified atom stereocenters. The lowest BCUT2D eigenvalue weighted by Crippen LogP contribution is -2.49. The number of ether oxygens (including phenoxy) is 2. The first kappa shape index (κ1) is 27.1. The lowest BCUT2D eigenvalue weighted by atomic mass is 9.86. The van der Waals surface area contributed by atoms with Gasteiger partial charge in [0.15, 0.2) is 28.8 Å². The highest BCUT2D eigenvalue weighted by atomic mass is 16.7. The van der Waals surface area contributed by atoms with Crippen molar-refractivity contribution < 1.29 is 28.0 Å². The molecule has 0 saturated carbocycles. The number of aromatic nitrogens is 1. The number of rotatable bonds is 5. The summed E-state index contributed by atoms with van der Waals surface area (Å²) in [6.45, 7) is 6.65. The molecule has 46 heavy (non-hydrogen) atoms. The van der Waals surface area contributed by atoms with Crippen LogP contribution in [0.15, 0.2) is 75.9 Å². The second kappa shape index (κ2) is 10.7. The summed E-state index contributed by atoms with van der Waals surface area (Å²) in [5, 5.41) is 5.35. The molecule has 3 aliphatic heterocycles. The summed E-state index contributed by atoms with van der Waals surface area (Å²) in [4.78, 5) is 36.0. The van der Waals surface area contributed by atoms with Gasteiger partial charge in [-0.2, -0.15) is 0 Å². The molecule has 3 aromatic carbocycles. The maximum atomic E-state index is 14.1. The van der Waals surface area contributed by atoms with Gasteiger partial charge >= 0.3 is 0 Å². The Labute approximate surface area is 264 Å². The molecule has 9 rings (SSSR count). The van der Waals surface area contributed by atoms with E-state index in [0.717, 1.165) is 66.5 Å². The number of carbonyl (C=O) groups is 2. The molecule has 1 aliphatic carbocycles. The van der Waals surface area contributed by atoms with Crippen LogP contribution in [-0.2, 0) is 6.54 Å². The average molecular weight is 618 g/mol. The smallest absolute Gasteiger partial charge is 0.289 e. The third kappa shape index (κ3) is 4.33. The van der Waals surface area contributed by atoms with E-state index >= 15 is 0 Å². The Morgan fingerprint density at radius 2 is 1.54 bits per heavy atom. The van der Waals surface area contributed by atoms with Crippen LogP contribution < -0.4 is 19.3 Å². The van der Waals surface area contributed by atoms with E-state index in [2.05, 4.69) is 38.1 Å². The first-order valence-electron chi connectivity index (χ1n) is 15.7. The van der Waals surface area contributed by atoms with E-state index in [1.807, 2.05) is 35.2 Å². The molecule has 2 saturated heterocycles. The Morgan fingerprint density at radius 1 is 0.783 bits per heavy atom. The minimum atomic E-state index is -0.118. The highest BCUT2D eigenvalue weighted by Gasteiger charge is 2.36. The van der Waals surface area contributed by atoms with Crippen molar-refractivity contribution in [1.29, 1.82) is 0 Å². The Balaban J connectivity index is 1.03. The highest BCUT2D eigenvalue weighted by molar-refractivity contribution is 6.28. The summed E-state index contributed by atoms with van der Waals surface area (Å²) in [6, 6.07) is 19.3. The molecular weight excluding hydrogens is 586 g/mol. The van der Waals surface area contributed by atoms with Crippen molar-refractivity contribution in [3.8, 4) is 22.8 Å². The van der Waals surface area contributed by atoms with E-state index in [4.69, 9.17) is 18.4 Å². The number of benzene rings is 3. The predicted molar refractivity (Wildman–Crippen MR) is 170 cm³/mol. The Morgan fingerprint density at radius 3 is 2.35 bits per heavy atom. The van der Waals surface area contributed by atoms with Crippen molar-refractivity contribution >= 4 is 34.0 Å². The topological polar surface area (TPSA) is 105 Å². The van der Waals surface area contributed by atoms with Gasteiger partial charge in [-0.15, -0.1) is 0 Å². The van der Waals surface area contributed by atoms with E-state index in [9.17, 15) is 9.59 Å². The second-order valence-electron chi connectivity index (χ2n) is 12.1. The lowest BCUT2D eigenvalue weighted by molar-refractivity contribution is 0.0714. The van der Waals surface area contributed by atoms with Crippen LogP contribution in [-0.4, -0.2) is 85.8 Å². The number of anilines is 2. The molecule has 4 aliphatic rings. The molecule has 0 atom stereocenters. The molecule has 0 bridgehead atoms. The molecule has 0 spiro atoms. The third-order valence-electron chi connectivity index (χ3n) is 9.55. The summed E-state index contributed by atoms with van der Waals surface area (Å²) in [6.07, 6.45) is 1.52. The van der Waals surface area contributed by atoms with Crippen LogP contribution >= 0.6 is 0 Å². The zero-order chi connectivity index (χ0) is 30.8. The van der Waals surface area contributed by atoms with E-state index in [1.54, 1.807) is 12.1 Å². The van der Waals surface area contributed by atoms with E-state index < -0.39 is 0 Å². The Kier molecular flexibility index (Phi) is 6.27. The minimum Gasteiger partial charge on any atom is -0.459 e. The molecule has 0 radical (unpaired) electrons. The van der Waals surface area contributed by atoms with Crippen LogP contribution in [0.25, 0.3) is 22.2 Å². The van der Waals surface area contributed by atoms with Gasteiger partial charge in [-0.3, -0.25) is 14.5 Å². The van der Waals surface area contributed by atoms with Crippen LogP contribution in [0, 0.1) is 0 Å². The van der Waals surface area contributed by atoms with Crippen LogP contribution in [0.3, 0.4) is 0 Å². The molecule has 5 heterocycles. The number of hydrogen-bond acceptors (Lipinski definition) is 10. The van der Waals surface area contributed by atoms with Crippen molar-refractivity contribution in [2.45, 2.75) is 6.54 Å². The van der Waals surface area contributed by atoms with Crippen molar-refractivity contribution in [3.05, 3.63) is 89.4 Å². The maximum Gasteiger partial charge on any atom is 0.289 e. The molecule has 11 nitrogen and oxygen atoms in total. The quantitative estimate of drug-likeness (QED) is 0.272. The van der Waals surface area contributed by atoms with Crippen molar-refractivity contribution in [3.63, 3.8) is 0 Å². The summed E-state index contributed by atoms with van der Waals surface area (Å²) in [5.74, 6) is 2.43. The largest absolute Gasteiger partial charge is 0.459 e. The predicted octanol–water partition coefficient (Wildman–Crippen LogP) is 4.65. The highest BCUT2D eigenvalue weighted by Crippen LogP contribution is 2.47. The minimum absolute atomic E-state index is 0.0273. The van der Waals surface area contributed by atoms with Gasteiger partial charge in [-0.05, 0) is 35.9 Å². The number of nitrogens with zero attached hydrogens (tertiary/aromatic N) is 5. The maximum absolute atomic E-state index is 14.1. The number of furan rings is 1. The van der Waals surface area contributed by atoms with Crippen LogP contribution in [0.4, 0.5) is 11.4 Å². The Hall–Kier alpha value is -5.29. The van der Waals surface area contributed by atoms with Crippen LogP contribution in [0.2, 0.25) is 0 Å². The lowest BCUT2D eigenvalue weighted by Gasteiger charge is -2.39. The van der Waals surface area contributed by atoms with E-state index in [-0.39, 0.29) is 18.5 Å². The monoisotopic (exact) mass is 617 g/mol. The molecule has 2 fully saturated rings. The van der Waals surface area contributed by atoms with Crippen molar-refractivity contribution in [2.24, 2.45) is 0 Å². The summed E-state index contributed by atoms with van der Waals surface area (Å²) in [7, 11) is 0. The molecule has 232 valence electrons. The third-order valence-corrected chi connectivity index (χ3v) is 9.55. The molecule has 1 amide bonds. The fourth-order valence-electron chi connectivity index (χ4n) is 7.16. The molecule has 2 aromatic heterocycles. The van der Waals surface area contributed by atoms with Crippen LogP contribution in [0.1, 0.15) is 32.0 Å². The van der Waals surface area contributed by atoms with E-state index in [0.29, 0.717) is 54.3 Å². The molecule has 0 N–H and O–H groups in total. The standard InChI is InChI=1S/C35H31N5O6/c41-33-23-4-1-2-5-24(23)34-31-30(33)25(38-13-15-40(16-14-38)35(42)28-6-3-17-43-28)19-26(32(31)36-46-34)39-11-9-37(10-12-39)20-22-7-8-27-29(18-22)45-21-44-27/h1-8,17-19H,9-16,20-21H2. The zero-order valence-corrected chi connectivity index (χ0v) is 25.1. The number of carbonyl (C=O) groups excluding carboxylic acids is 2. The van der Waals surface area contributed by atoms with Gasteiger partial charge in [0.05, 0.1) is 28.6 Å².